The van der Waals surface area contributed by atoms with Gasteiger partial charge in [0.2, 0.25) is 11.9 Å². The summed E-state index contributed by atoms with van der Waals surface area (Å²) in [5.74, 6) is 0.353. The molecule has 7 nitrogen and oxygen atoms in total. The highest BCUT2D eigenvalue weighted by molar-refractivity contribution is 6.42. The van der Waals surface area contributed by atoms with Crippen molar-refractivity contribution < 1.29 is 9.90 Å². The quantitative estimate of drug-likeness (QED) is 0.603. The lowest BCUT2D eigenvalue weighted by molar-refractivity contribution is -0.115. The van der Waals surface area contributed by atoms with E-state index in [1.54, 1.807) is 54.1 Å². The number of aromatic nitrogens is 3. The van der Waals surface area contributed by atoms with E-state index in [1.807, 2.05) is 0 Å². The Labute approximate surface area is 170 Å². The van der Waals surface area contributed by atoms with Crippen molar-refractivity contribution in [3.8, 4) is 17.1 Å². The summed E-state index contributed by atoms with van der Waals surface area (Å²) in [4.78, 5) is 16.7. The second-order valence-corrected chi connectivity index (χ2v) is 7.17. The minimum absolute atomic E-state index is 0.103. The number of fused-ring (bicyclic) bond motifs is 1. The molecule has 0 fully saturated rings. The third-order valence-corrected chi connectivity index (χ3v) is 5.22. The molecule has 0 aliphatic carbocycles. The summed E-state index contributed by atoms with van der Waals surface area (Å²) in [6, 6.07) is 11.1. The third-order valence-electron chi connectivity index (χ3n) is 4.48. The van der Waals surface area contributed by atoms with Crippen LogP contribution < -0.4 is 11.1 Å². The first-order valence-corrected chi connectivity index (χ1v) is 9.09. The van der Waals surface area contributed by atoms with Crippen LogP contribution in [0.25, 0.3) is 11.4 Å². The maximum absolute atomic E-state index is 12.2. The highest BCUT2D eigenvalue weighted by atomic mass is 35.5. The molecular formula is C19H15Cl2N5O2. The topological polar surface area (TPSA) is 106 Å². The predicted molar refractivity (Wildman–Crippen MR) is 107 cm³/mol. The molecule has 0 spiro atoms. The fourth-order valence-corrected chi connectivity index (χ4v) is 3.53. The number of hydrogen-bond acceptors (Lipinski definition) is 5. The van der Waals surface area contributed by atoms with Gasteiger partial charge in [-0.25, -0.2) is 4.68 Å². The number of aromatic hydroxyl groups is 1. The average molecular weight is 416 g/mol. The number of hydrogen-bond donors (Lipinski definition) is 3. The number of phenolic OH excluding ortho intramolecular Hbond substituents is 1. The van der Waals surface area contributed by atoms with Crippen molar-refractivity contribution in [1.82, 2.24) is 14.8 Å². The molecule has 4 N–H and O–H groups in total. The fraction of sp³-hybridized carbons (Fsp3) is 0.105. The molecule has 1 amide bonds. The average Bonchev–Trinajstić information content (AvgIpc) is 3.06. The molecule has 1 unspecified atom stereocenters. The lowest BCUT2D eigenvalue weighted by atomic mass is 9.95. The minimum Gasteiger partial charge on any atom is -0.508 e. The molecule has 142 valence electrons. The highest BCUT2D eigenvalue weighted by Gasteiger charge is 2.33. The summed E-state index contributed by atoms with van der Waals surface area (Å²) < 4.78 is 1.58. The van der Waals surface area contributed by atoms with Gasteiger partial charge < -0.3 is 16.2 Å². The van der Waals surface area contributed by atoms with E-state index in [0.29, 0.717) is 44.2 Å². The number of benzene rings is 2. The second-order valence-electron chi connectivity index (χ2n) is 6.36. The number of phenols is 1. The van der Waals surface area contributed by atoms with E-state index in [2.05, 4.69) is 15.4 Å². The molecule has 4 rings (SSSR count). The Morgan fingerprint density at radius 1 is 1.21 bits per heavy atom. The molecule has 9 heteroatoms. The van der Waals surface area contributed by atoms with Gasteiger partial charge in [0.1, 0.15) is 11.8 Å². The largest absolute Gasteiger partial charge is 0.508 e. The summed E-state index contributed by atoms with van der Waals surface area (Å²) in [5.41, 5.74) is 7.90. The van der Waals surface area contributed by atoms with Crippen molar-refractivity contribution in [2.24, 2.45) is 5.73 Å². The molecular weight excluding hydrogens is 401 g/mol. The molecule has 1 atom stereocenters. The van der Waals surface area contributed by atoms with Gasteiger partial charge in [0.15, 0.2) is 5.82 Å². The molecule has 0 saturated heterocycles. The summed E-state index contributed by atoms with van der Waals surface area (Å²) in [7, 11) is 0. The van der Waals surface area contributed by atoms with Crippen molar-refractivity contribution in [2.75, 3.05) is 5.32 Å². The molecule has 1 aliphatic rings. The molecule has 0 radical (unpaired) electrons. The lowest BCUT2D eigenvalue weighted by Gasteiger charge is -2.27. The number of halogens is 2. The van der Waals surface area contributed by atoms with E-state index in [9.17, 15) is 9.90 Å². The summed E-state index contributed by atoms with van der Waals surface area (Å²) in [6.45, 7) is 1.75. The minimum atomic E-state index is -0.623. The predicted octanol–water partition coefficient (Wildman–Crippen LogP) is 3.73. The molecule has 1 aromatic heterocycles. The normalized spacial score (nSPS) is 15.9. The maximum atomic E-state index is 12.2. The zero-order valence-electron chi connectivity index (χ0n) is 14.6. The van der Waals surface area contributed by atoms with Crippen molar-refractivity contribution in [3.05, 3.63) is 69.3 Å². The first-order chi connectivity index (χ1) is 13.3. The van der Waals surface area contributed by atoms with Crippen molar-refractivity contribution in [3.63, 3.8) is 0 Å². The van der Waals surface area contributed by atoms with Gasteiger partial charge >= 0.3 is 0 Å². The number of allylic oxidation sites excluding steroid dienone is 1. The van der Waals surface area contributed by atoms with Crippen LogP contribution >= 0.6 is 23.2 Å². The number of primary amides is 1. The van der Waals surface area contributed by atoms with Gasteiger partial charge in [0.25, 0.3) is 0 Å². The van der Waals surface area contributed by atoms with E-state index in [1.165, 1.54) is 0 Å². The van der Waals surface area contributed by atoms with Gasteiger partial charge in [0, 0.05) is 11.3 Å². The standard InChI is InChI=1S/C19H15Cl2N5O2/c1-9-15(17(22)28)16(10-5-6-13(20)14(21)8-10)26-19(23-9)24-18(25-26)11-3-2-4-12(27)7-11/h2-8,16,27H,1H3,(H2,22,28)(H,23,24,25). The Bertz CT molecular complexity index is 1140. The van der Waals surface area contributed by atoms with Gasteiger partial charge in [-0.15, -0.1) is 5.10 Å². The van der Waals surface area contributed by atoms with Crippen LogP contribution in [0.15, 0.2) is 53.7 Å². The van der Waals surface area contributed by atoms with Gasteiger partial charge in [-0.05, 0) is 36.8 Å². The van der Waals surface area contributed by atoms with E-state index in [4.69, 9.17) is 28.9 Å². The molecule has 2 heterocycles. The van der Waals surface area contributed by atoms with E-state index in [0.717, 1.165) is 0 Å². The molecule has 0 bridgehead atoms. The molecule has 2 aromatic carbocycles. The summed E-state index contributed by atoms with van der Waals surface area (Å²) >= 11 is 12.2. The number of nitrogens with zero attached hydrogens (tertiary/aromatic N) is 3. The number of carbonyl (C=O) groups excluding carboxylic acids is 1. The number of amides is 1. The monoisotopic (exact) mass is 415 g/mol. The Hall–Kier alpha value is -3.03. The first kappa shape index (κ1) is 18.3. The Morgan fingerprint density at radius 3 is 2.68 bits per heavy atom. The summed E-state index contributed by atoms with van der Waals surface area (Å²) in [6.07, 6.45) is 0. The van der Waals surface area contributed by atoms with E-state index >= 15 is 0 Å². The zero-order valence-corrected chi connectivity index (χ0v) is 16.2. The maximum Gasteiger partial charge on any atom is 0.248 e. The Morgan fingerprint density at radius 2 is 2.00 bits per heavy atom. The smallest absolute Gasteiger partial charge is 0.248 e. The van der Waals surface area contributed by atoms with Crippen molar-refractivity contribution >= 4 is 35.1 Å². The number of rotatable bonds is 3. The number of nitrogens with two attached hydrogens (primary N) is 1. The van der Waals surface area contributed by atoms with Gasteiger partial charge in [0.05, 0.1) is 15.6 Å². The van der Waals surface area contributed by atoms with Gasteiger partial charge in [-0.1, -0.05) is 41.4 Å². The van der Waals surface area contributed by atoms with Crippen LogP contribution in [0.1, 0.15) is 18.5 Å². The SMILES string of the molecule is CC1=C(C(N)=O)C(c2ccc(Cl)c(Cl)c2)n2nc(-c3cccc(O)c3)nc2N1. The molecule has 3 aromatic rings. The zero-order chi connectivity index (χ0) is 20.0. The van der Waals surface area contributed by atoms with Crippen LogP contribution in [0.3, 0.4) is 0 Å². The molecule has 1 aliphatic heterocycles. The lowest BCUT2D eigenvalue weighted by Crippen LogP contribution is -2.31. The van der Waals surface area contributed by atoms with Crippen molar-refractivity contribution in [2.45, 2.75) is 13.0 Å². The van der Waals surface area contributed by atoms with E-state index in [-0.39, 0.29) is 5.75 Å². The van der Waals surface area contributed by atoms with Gasteiger partial charge in [-0.3, -0.25) is 4.79 Å². The van der Waals surface area contributed by atoms with Crippen LogP contribution in [-0.4, -0.2) is 25.8 Å². The Balaban J connectivity index is 1.90. The highest BCUT2D eigenvalue weighted by Crippen LogP contribution is 2.38. The third kappa shape index (κ3) is 3.08. The number of nitrogens with one attached hydrogen (secondary N) is 1. The Kier molecular flexibility index (Phi) is 4.49. The second kappa shape index (κ2) is 6.85. The number of anilines is 1. The number of carbonyl (C=O) groups is 1. The molecule has 0 saturated carbocycles. The van der Waals surface area contributed by atoms with Crippen LogP contribution in [0.4, 0.5) is 5.95 Å². The van der Waals surface area contributed by atoms with Crippen LogP contribution in [0.2, 0.25) is 10.0 Å². The summed E-state index contributed by atoms with van der Waals surface area (Å²) in [5, 5.41) is 18.1. The van der Waals surface area contributed by atoms with Crippen molar-refractivity contribution in [1.29, 1.82) is 0 Å². The van der Waals surface area contributed by atoms with Gasteiger partial charge in [-0.2, -0.15) is 4.98 Å². The first-order valence-electron chi connectivity index (χ1n) is 8.33. The van der Waals surface area contributed by atoms with Crippen LogP contribution in [0, 0.1) is 0 Å². The molecule has 28 heavy (non-hydrogen) atoms. The fourth-order valence-electron chi connectivity index (χ4n) is 3.23. The van der Waals surface area contributed by atoms with Crippen LogP contribution in [0.5, 0.6) is 5.75 Å². The van der Waals surface area contributed by atoms with Crippen LogP contribution in [-0.2, 0) is 4.79 Å². The van der Waals surface area contributed by atoms with E-state index < -0.39 is 11.9 Å².